The first-order valence-corrected chi connectivity index (χ1v) is 4.19. The van der Waals surface area contributed by atoms with Gasteiger partial charge in [0.1, 0.15) is 6.61 Å². The van der Waals surface area contributed by atoms with Crippen LogP contribution in [0.1, 0.15) is 13.8 Å². The molecule has 0 radical (unpaired) electrons. The number of hydrogen-bond donors (Lipinski definition) is 1. The minimum atomic E-state index is -0.235. The second-order valence-electron chi connectivity index (χ2n) is 2.29. The maximum absolute atomic E-state index is 10.3. The lowest BCUT2D eigenvalue weighted by Crippen LogP contribution is -2.24. The van der Waals surface area contributed by atoms with E-state index in [2.05, 4.69) is 5.32 Å². The van der Waals surface area contributed by atoms with Crippen molar-refractivity contribution in [3.8, 4) is 0 Å². The Bertz CT molecular complexity index is 117. The molecule has 0 aliphatic rings. The van der Waals surface area contributed by atoms with Gasteiger partial charge in [-0.2, -0.15) is 0 Å². The third-order valence-corrected chi connectivity index (χ3v) is 1.21. The van der Waals surface area contributed by atoms with Crippen LogP contribution in [0.5, 0.6) is 0 Å². The van der Waals surface area contributed by atoms with E-state index >= 15 is 0 Å². The average Bonchev–Trinajstić information content (AvgIpc) is 2.02. The number of carbonyl (C=O) groups excluding carboxylic acids is 1. The molecule has 0 aromatic carbocycles. The largest absolute Gasteiger partial charge is 0.465 e. The Hall–Kier alpha value is -0.610. The van der Waals surface area contributed by atoms with Crippen molar-refractivity contribution in [2.45, 2.75) is 13.8 Å². The number of rotatable bonds is 7. The van der Waals surface area contributed by atoms with Gasteiger partial charge in [0, 0.05) is 26.6 Å². The Kier molecular flexibility index (Phi) is 8.05. The summed E-state index contributed by atoms with van der Waals surface area (Å²) in [6.07, 6.45) is 0. The van der Waals surface area contributed by atoms with Crippen LogP contribution in [0.3, 0.4) is 0 Å². The lowest BCUT2D eigenvalue weighted by molar-refractivity contribution is -0.140. The summed E-state index contributed by atoms with van der Waals surface area (Å²) >= 11 is 0. The fourth-order valence-corrected chi connectivity index (χ4v) is 0.681. The molecule has 0 aromatic rings. The minimum absolute atomic E-state index is 0.235. The molecule has 0 heterocycles. The molecule has 0 saturated carbocycles. The molecular formula is C8H17NO3. The molecule has 1 N–H and O–H groups in total. The first-order chi connectivity index (χ1) is 5.77. The highest BCUT2D eigenvalue weighted by Gasteiger charge is 1.91. The summed E-state index contributed by atoms with van der Waals surface area (Å²) in [4.78, 5) is 10.3. The highest BCUT2D eigenvalue weighted by molar-refractivity contribution is 5.65. The van der Waals surface area contributed by atoms with Crippen LogP contribution in [0, 0.1) is 0 Å². The summed E-state index contributed by atoms with van der Waals surface area (Å²) in [6.45, 7) is 6.73. The smallest absolute Gasteiger partial charge is 0.302 e. The summed E-state index contributed by atoms with van der Waals surface area (Å²) in [5, 5.41) is 3.07. The molecule has 0 spiro atoms. The Balaban J connectivity index is 2.86. The standard InChI is InChI=1S/C8H17NO3/c1-3-11-6-4-9-5-7-12-8(2)10/h9H,3-7H2,1-2H3. The maximum Gasteiger partial charge on any atom is 0.302 e. The normalized spacial score (nSPS) is 9.83. The number of esters is 1. The predicted octanol–water partition coefficient (Wildman–Crippen LogP) is 0.176. The van der Waals surface area contributed by atoms with Gasteiger partial charge in [-0.15, -0.1) is 0 Å². The van der Waals surface area contributed by atoms with Crippen LogP contribution in [0.4, 0.5) is 0 Å². The van der Waals surface area contributed by atoms with Crippen molar-refractivity contribution in [2.75, 3.05) is 32.9 Å². The summed E-state index contributed by atoms with van der Waals surface area (Å²) < 4.78 is 9.80. The quantitative estimate of drug-likeness (QED) is 0.443. The Morgan fingerprint density at radius 2 is 2.00 bits per heavy atom. The van der Waals surface area contributed by atoms with Gasteiger partial charge >= 0.3 is 5.97 Å². The average molecular weight is 175 g/mol. The van der Waals surface area contributed by atoms with E-state index in [4.69, 9.17) is 9.47 Å². The molecule has 0 atom stereocenters. The zero-order chi connectivity index (χ0) is 9.23. The van der Waals surface area contributed by atoms with Crippen LogP contribution in [-0.4, -0.2) is 38.9 Å². The number of ether oxygens (including phenoxy) is 2. The number of hydrogen-bond acceptors (Lipinski definition) is 4. The molecule has 4 heteroatoms. The monoisotopic (exact) mass is 175 g/mol. The second-order valence-corrected chi connectivity index (χ2v) is 2.29. The van der Waals surface area contributed by atoms with E-state index in [0.717, 1.165) is 13.2 Å². The maximum atomic E-state index is 10.3. The van der Waals surface area contributed by atoms with Gasteiger partial charge in [0.2, 0.25) is 0 Å². The van der Waals surface area contributed by atoms with Crippen LogP contribution < -0.4 is 5.32 Å². The molecule has 0 aliphatic carbocycles. The molecule has 4 nitrogen and oxygen atoms in total. The van der Waals surface area contributed by atoms with E-state index in [1.165, 1.54) is 6.92 Å². The van der Waals surface area contributed by atoms with Crippen LogP contribution in [0.25, 0.3) is 0 Å². The van der Waals surface area contributed by atoms with Crippen LogP contribution in [0.2, 0.25) is 0 Å². The van der Waals surface area contributed by atoms with Gasteiger partial charge in [-0.3, -0.25) is 4.79 Å². The zero-order valence-corrected chi connectivity index (χ0v) is 7.76. The van der Waals surface area contributed by atoms with E-state index in [-0.39, 0.29) is 5.97 Å². The Morgan fingerprint density at radius 1 is 1.33 bits per heavy atom. The van der Waals surface area contributed by atoms with E-state index < -0.39 is 0 Å². The van der Waals surface area contributed by atoms with Crippen molar-refractivity contribution < 1.29 is 14.3 Å². The molecule has 0 aliphatic heterocycles. The third kappa shape index (κ3) is 9.39. The SMILES string of the molecule is CCOCCNCCOC(C)=O. The topological polar surface area (TPSA) is 47.6 Å². The molecule has 72 valence electrons. The lowest BCUT2D eigenvalue weighted by Gasteiger charge is -2.04. The van der Waals surface area contributed by atoms with Gasteiger partial charge in [-0.05, 0) is 6.92 Å². The van der Waals surface area contributed by atoms with E-state index in [1.807, 2.05) is 6.92 Å². The molecule has 12 heavy (non-hydrogen) atoms. The van der Waals surface area contributed by atoms with Crippen molar-refractivity contribution >= 4 is 5.97 Å². The summed E-state index contributed by atoms with van der Waals surface area (Å²) in [5.41, 5.74) is 0. The van der Waals surface area contributed by atoms with Crippen molar-refractivity contribution in [2.24, 2.45) is 0 Å². The highest BCUT2D eigenvalue weighted by atomic mass is 16.5. The van der Waals surface area contributed by atoms with Crippen molar-refractivity contribution in [1.29, 1.82) is 0 Å². The molecule has 0 rings (SSSR count). The summed E-state index contributed by atoms with van der Waals surface area (Å²) in [7, 11) is 0. The first-order valence-electron chi connectivity index (χ1n) is 4.19. The number of carbonyl (C=O) groups is 1. The lowest BCUT2D eigenvalue weighted by atomic mass is 10.6. The third-order valence-electron chi connectivity index (χ3n) is 1.21. The molecule has 0 bridgehead atoms. The Morgan fingerprint density at radius 3 is 2.58 bits per heavy atom. The first kappa shape index (κ1) is 11.4. The minimum Gasteiger partial charge on any atom is -0.465 e. The van der Waals surface area contributed by atoms with Gasteiger partial charge in [-0.1, -0.05) is 0 Å². The molecule has 0 saturated heterocycles. The van der Waals surface area contributed by atoms with Crippen LogP contribution in [-0.2, 0) is 14.3 Å². The molecule has 0 fully saturated rings. The van der Waals surface area contributed by atoms with Gasteiger partial charge < -0.3 is 14.8 Å². The molecule has 0 unspecified atom stereocenters. The van der Waals surface area contributed by atoms with E-state index in [9.17, 15) is 4.79 Å². The second kappa shape index (κ2) is 8.49. The fourth-order valence-electron chi connectivity index (χ4n) is 0.681. The molecule has 0 aromatic heterocycles. The van der Waals surface area contributed by atoms with Crippen LogP contribution in [0.15, 0.2) is 0 Å². The van der Waals surface area contributed by atoms with Gasteiger partial charge in [0.05, 0.1) is 6.61 Å². The zero-order valence-electron chi connectivity index (χ0n) is 7.76. The Labute approximate surface area is 73.2 Å². The fraction of sp³-hybridized carbons (Fsp3) is 0.875. The number of nitrogens with one attached hydrogen (secondary N) is 1. The van der Waals surface area contributed by atoms with Gasteiger partial charge in [0.15, 0.2) is 0 Å². The van der Waals surface area contributed by atoms with Crippen LogP contribution >= 0.6 is 0 Å². The predicted molar refractivity (Wildman–Crippen MR) is 46.0 cm³/mol. The van der Waals surface area contributed by atoms with Crippen molar-refractivity contribution in [3.63, 3.8) is 0 Å². The summed E-state index contributed by atoms with van der Waals surface area (Å²) in [6, 6.07) is 0. The van der Waals surface area contributed by atoms with E-state index in [0.29, 0.717) is 19.8 Å². The molecular weight excluding hydrogens is 158 g/mol. The molecule has 0 amide bonds. The van der Waals surface area contributed by atoms with Crippen molar-refractivity contribution in [3.05, 3.63) is 0 Å². The van der Waals surface area contributed by atoms with Gasteiger partial charge in [-0.25, -0.2) is 0 Å². The summed E-state index contributed by atoms with van der Waals surface area (Å²) in [5.74, 6) is -0.235. The van der Waals surface area contributed by atoms with Crippen molar-refractivity contribution in [1.82, 2.24) is 5.32 Å². The highest BCUT2D eigenvalue weighted by Crippen LogP contribution is 1.74. The van der Waals surface area contributed by atoms with E-state index in [1.54, 1.807) is 0 Å². The van der Waals surface area contributed by atoms with Gasteiger partial charge in [0.25, 0.3) is 0 Å².